The van der Waals surface area contributed by atoms with Crippen molar-refractivity contribution in [3.05, 3.63) is 69.8 Å². The first kappa shape index (κ1) is 15.7. The van der Waals surface area contributed by atoms with Gasteiger partial charge < -0.3 is 0 Å². The van der Waals surface area contributed by atoms with Crippen molar-refractivity contribution in [2.75, 3.05) is 0 Å². The van der Waals surface area contributed by atoms with Crippen molar-refractivity contribution in [3.8, 4) is 0 Å². The highest BCUT2D eigenvalue weighted by molar-refractivity contribution is 5.89. The summed E-state index contributed by atoms with van der Waals surface area (Å²) in [7, 11) is 0. The molecule has 2 aliphatic rings. The number of rotatable bonds is 2. The van der Waals surface area contributed by atoms with Gasteiger partial charge in [-0.3, -0.25) is 0 Å². The zero-order chi connectivity index (χ0) is 16.5. The minimum atomic E-state index is 1.14. The van der Waals surface area contributed by atoms with Gasteiger partial charge in [-0.15, -0.1) is 0 Å². The second kappa shape index (κ2) is 6.59. The van der Waals surface area contributed by atoms with E-state index < -0.39 is 0 Å². The van der Waals surface area contributed by atoms with Crippen molar-refractivity contribution < 1.29 is 0 Å². The van der Waals surface area contributed by atoms with Gasteiger partial charge in [0.15, 0.2) is 0 Å². The smallest absolute Gasteiger partial charge is 0.00550 e. The van der Waals surface area contributed by atoms with Crippen LogP contribution in [0.1, 0.15) is 63.5 Å². The first-order valence-electron chi connectivity index (χ1n) is 9.73. The van der Waals surface area contributed by atoms with Crippen molar-refractivity contribution >= 4 is 10.8 Å². The van der Waals surface area contributed by atoms with Crippen LogP contribution in [0.4, 0.5) is 0 Å². The highest BCUT2D eigenvalue weighted by Crippen LogP contribution is 2.40. The largest absolute Gasteiger partial charge is 0.0626 e. The van der Waals surface area contributed by atoms with E-state index >= 15 is 0 Å². The predicted molar refractivity (Wildman–Crippen MR) is 104 cm³/mol. The summed E-state index contributed by atoms with van der Waals surface area (Å²) in [6.45, 7) is 4.70. The lowest BCUT2D eigenvalue weighted by atomic mass is 9.81. The Hall–Kier alpha value is -1.82. The fraction of sp³-hybridized carbons (Fsp3) is 0.417. The third kappa shape index (κ3) is 2.62. The van der Waals surface area contributed by atoms with Gasteiger partial charge in [0.2, 0.25) is 0 Å². The van der Waals surface area contributed by atoms with Gasteiger partial charge in [-0.2, -0.15) is 0 Å². The molecule has 1 saturated carbocycles. The maximum atomic E-state index is 2.36. The maximum absolute atomic E-state index is 2.36. The van der Waals surface area contributed by atoms with Crippen molar-refractivity contribution in [3.63, 3.8) is 0 Å². The summed E-state index contributed by atoms with van der Waals surface area (Å²) in [4.78, 5) is 0. The van der Waals surface area contributed by atoms with Crippen LogP contribution in [0, 0.1) is 0 Å². The topological polar surface area (TPSA) is 0 Å². The molecule has 0 saturated heterocycles. The van der Waals surface area contributed by atoms with Crippen molar-refractivity contribution in [2.24, 2.45) is 0 Å². The zero-order valence-corrected chi connectivity index (χ0v) is 15.1. The number of benzene rings is 2. The summed E-state index contributed by atoms with van der Waals surface area (Å²) >= 11 is 0. The second-order valence-electron chi connectivity index (χ2n) is 7.36. The monoisotopic (exact) mass is 316 g/mol. The molecule has 1 fully saturated rings. The van der Waals surface area contributed by atoms with Crippen LogP contribution in [0.2, 0.25) is 0 Å². The summed E-state index contributed by atoms with van der Waals surface area (Å²) in [6.07, 6.45) is 10.00. The summed E-state index contributed by atoms with van der Waals surface area (Å²) in [6, 6.07) is 13.8. The van der Waals surface area contributed by atoms with E-state index in [9.17, 15) is 0 Å². The van der Waals surface area contributed by atoms with Crippen LogP contribution < -0.4 is 0 Å². The third-order valence-electron chi connectivity index (χ3n) is 6.06. The van der Waals surface area contributed by atoms with Crippen LogP contribution in [0.15, 0.2) is 58.7 Å². The second-order valence-corrected chi connectivity index (χ2v) is 7.36. The lowest BCUT2D eigenvalue weighted by Crippen LogP contribution is -2.07. The summed E-state index contributed by atoms with van der Waals surface area (Å²) in [5, 5.41) is 2.94. The Morgan fingerprint density at radius 1 is 0.708 bits per heavy atom. The van der Waals surface area contributed by atoms with E-state index in [2.05, 4.69) is 50.2 Å². The Bertz CT molecular complexity index is 765. The molecule has 0 nitrogen and oxygen atoms in total. The van der Waals surface area contributed by atoms with E-state index in [1.54, 1.807) is 22.3 Å². The van der Waals surface area contributed by atoms with Gasteiger partial charge in [-0.25, -0.2) is 0 Å². The van der Waals surface area contributed by atoms with E-state index in [1.165, 1.54) is 60.4 Å². The van der Waals surface area contributed by atoms with Crippen LogP contribution >= 0.6 is 0 Å². The number of hydrogen-bond donors (Lipinski definition) is 0. The normalized spacial score (nSPS) is 24.2. The Kier molecular flexibility index (Phi) is 4.31. The molecule has 0 heterocycles. The average Bonchev–Trinajstić information content (AvgIpc) is 2.69. The molecule has 2 aromatic carbocycles. The maximum Gasteiger partial charge on any atom is -0.00550 e. The molecule has 0 bridgehead atoms. The molecule has 0 N–H and O–H groups in total. The van der Waals surface area contributed by atoms with Crippen LogP contribution in [0.5, 0.6) is 0 Å². The standard InChI is InChI=1S/C24H28/c1-3-17-15-20-11-7-9-19-10-8-12-21(24(19)20)16-18(4-2)23-14-6-5-13-22(17)23/h7-12H,3-6,13-16H2,1-2H3/b22-17-,23-18-. The Labute approximate surface area is 146 Å². The molecule has 4 rings (SSSR count). The van der Waals surface area contributed by atoms with Gasteiger partial charge in [0.25, 0.3) is 0 Å². The molecule has 0 unspecified atom stereocenters. The number of hydrogen-bond acceptors (Lipinski definition) is 0. The summed E-state index contributed by atoms with van der Waals surface area (Å²) < 4.78 is 0. The Morgan fingerprint density at radius 3 is 1.67 bits per heavy atom. The molecule has 124 valence electrons. The van der Waals surface area contributed by atoms with Gasteiger partial charge in [0.05, 0.1) is 0 Å². The van der Waals surface area contributed by atoms with Crippen molar-refractivity contribution in [1.82, 2.24) is 0 Å². The average molecular weight is 316 g/mol. The molecule has 0 aromatic heterocycles. The highest BCUT2D eigenvalue weighted by atomic mass is 14.3. The molecule has 0 heteroatoms. The number of fused-ring (bicyclic) bond motifs is 1. The molecule has 0 aliphatic heterocycles. The van der Waals surface area contributed by atoms with Gasteiger partial charge in [-0.05, 0) is 84.4 Å². The van der Waals surface area contributed by atoms with Gasteiger partial charge >= 0.3 is 0 Å². The molecule has 0 spiro atoms. The Balaban J connectivity index is 2.01. The van der Waals surface area contributed by atoms with Crippen LogP contribution in [-0.2, 0) is 12.8 Å². The van der Waals surface area contributed by atoms with Crippen LogP contribution in [0.3, 0.4) is 0 Å². The molecule has 0 radical (unpaired) electrons. The third-order valence-corrected chi connectivity index (χ3v) is 6.06. The molecule has 0 atom stereocenters. The highest BCUT2D eigenvalue weighted by Gasteiger charge is 2.21. The van der Waals surface area contributed by atoms with E-state index in [1.807, 2.05) is 0 Å². The molecule has 24 heavy (non-hydrogen) atoms. The SMILES string of the molecule is CC/C1=C2\CCCC\C2=C(/CC)Cc2cccc3cccc(c23)C1. The van der Waals surface area contributed by atoms with E-state index in [0.29, 0.717) is 0 Å². The van der Waals surface area contributed by atoms with Gasteiger partial charge in [0.1, 0.15) is 0 Å². The minimum Gasteiger partial charge on any atom is -0.0626 e. The van der Waals surface area contributed by atoms with Crippen molar-refractivity contribution in [2.45, 2.75) is 65.2 Å². The van der Waals surface area contributed by atoms with Crippen LogP contribution in [0.25, 0.3) is 10.8 Å². The fourth-order valence-corrected chi connectivity index (χ4v) is 4.83. The molecular weight excluding hydrogens is 288 g/mol. The first-order chi connectivity index (χ1) is 11.8. The fourth-order valence-electron chi connectivity index (χ4n) is 4.83. The van der Waals surface area contributed by atoms with Crippen molar-refractivity contribution in [1.29, 1.82) is 0 Å². The molecule has 2 aromatic rings. The number of allylic oxidation sites excluding steroid dienone is 4. The summed E-state index contributed by atoms with van der Waals surface area (Å²) in [5.74, 6) is 0. The summed E-state index contributed by atoms with van der Waals surface area (Å²) in [5.41, 5.74) is 9.92. The molecule has 2 aliphatic carbocycles. The van der Waals surface area contributed by atoms with Gasteiger partial charge in [0, 0.05) is 0 Å². The zero-order valence-electron chi connectivity index (χ0n) is 15.1. The van der Waals surface area contributed by atoms with E-state index in [4.69, 9.17) is 0 Å². The first-order valence-corrected chi connectivity index (χ1v) is 9.73. The minimum absolute atomic E-state index is 1.14. The molecule has 0 amide bonds. The quantitative estimate of drug-likeness (QED) is 0.563. The van der Waals surface area contributed by atoms with E-state index in [-0.39, 0.29) is 0 Å². The predicted octanol–water partition coefficient (Wildman–Crippen LogP) is 6.93. The van der Waals surface area contributed by atoms with E-state index in [0.717, 1.165) is 12.8 Å². The lowest BCUT2D eigenvalue weighted by Gasteiger charge is -2.25. The molecular formula is C24H28. The Morgan fingerprint density at radius 2 is 1.21 bits per heavy atom. The van der Waals surface area contributed by atoms with Gasteiger partial charge in [-0.1, -0.05) is 61.4 Å². The lowest BCUT2D eigenvalue weighted by molar-refractivity contribution is 0.657. The van der Waals surface area contributed by atoms with Crippen LogP contribution in [-0.4, -0.2) is 0 Å².